The molecule has 0 aromatic heterocycles. The van der Waals surface area contributed by atoms with Crippen LogP contribution in [0, 0.1) is 17.8 Å². The number of hydrogen-bond donors (Lipinski definition) is 2. The predicted octanol–water partition coefficient (Wildman–Crippen LogP) is 2.69. The first-order valence-electron chi connectivity index (χ1n) is 7.55. The molecule has 0 aromatic carbocycles. The lowest BCUT2D eigenvalue weighted by Gasteiger charge is -2.32. The molecule has 0 saturated heterocycles. The summed E-state index contributed by atoms with van der Waals surface area (Å²) in [6.07, 6.45) is 5.18. The molecule has 1 saturated carbocycles. The molecule has 1 fully saturated rings. The predicted molar refractivity (Wildman–Crippen MR) is 76.2 cm³/mol. The fourth-order valence-electron chi connectivity index (χ4n) is 3.05. The quantitative estimate of drug-likeness (QED) is 0.792. The van der Waals surface area contributed by atoms with Gasteiger partial charge in [-0.2, -0.15) is 0 Å². The molecule has 106 valence electrons. The molecule has 1 aliphatic rings. The van der Waals surface area contributed by atoms with Crippen molar-refractivity contribution in [3.05, 3.63) is 0 Å². The van der Waals surface area contributed by atoms with Gasteiger partial charge in [-0.3, -0.25) is 4.79 Å². The van der Waals surface area contributed by atoms with E-state index in [4.69, 9.17) is 5.73 Å². The highest BCUT2D eigenvalue weighted by molar-refractivity contribution is 5.79. The van der Waals surface area contributed by atoms with Gasteiger partial charge in [0.15, 0.2) is 0 Å². The first-order valence-corrected chi connectivity index (χ1v) is 7.55. The number of nitrogens with two attached hydrogens (primary N) is 1. The van der Waals surface area contributed by atoms with Crippen molar-refractivity contribution in [3.8, 4) is 0 Å². The summed E-state index contributed by atoms with van der Waals surface area (Å²) in [5.41, 5.74) is 6.07. The third-order valence-electron chi connectivity index (χ3n) is 4.75. The molecule has 0 bridgehead atoms. The Morgan fingerprint density at radius 2 is 1.94 bits per heavy atom. The first kappa shape index (κ1) is 15.5. The zero-order valence-corrected chi connectivity index (χ0v) is 12.4. The highest BCUT2D eigenvalue weighted by Crippen LogP contribution is 2.28. The molecule has 1 rings (SSSR count). The van der Waals surface area contributed by atoms with Gasteiger partial charge in [0.25, 0.3) is 0 Å². The molecule has 1 amide bonds. The van der Waals surface area contributed by atoms with E-state index in [0.29, 0.717) is 11.8 Å². The summed E-state index contributed by atoms with van der Waals surface area (Å²) in [7, 11) is 0. The second kappa shape index (κ2) is 7.13. The topological polar surface area (TPSA) is 55.1 Å². The van der Waals surface area contributed by atoms with E-state index in [9.17, 15) is 4.79 Å². The van der Waals surface area contributed by atoms with Crippen LogP contribution >= 0.6 is 0 Å². The van der Waals surface area contributed by atoms with E-state index in [0.717, 1.165) is 32.1 Å². The average molecular weight is 254 g/mol. The highest BCUT2D eigenvalue weighted by atomic mass is 16.1. The summed E-state index contributed by atoms with van der Waals surface area (Å²) in [4.78, 5) is 12.2. The van der Waals surface area contributed by atoms with Crippen LogP contribution in [0.3, 0.4) is 0 Å². The Kier molecular flexibility index (Phi) is 6.13. The van der Waals surface area contributed by atoms with Gasteiger partial charge in [0.2, 0.25) is 5.91 Å². The van der Waals surface area contributed by atoms with Gasteiger partial charge >= 0.3 is 0 Å². The normalized spacial score (nSPS) is 30.2. The Morgan fingerprint density at radius 3 is 2.44 bits per heavy atom. The van der Waals surface area contributed by atoms with Gasteiger partial charge in [0.05, 0.1) is 0 Å². The maximum Gasteiger partial charge on any atom is 0.223 e. The molecule has 3 heteroatoms. The van der Waals surface area contributed by atoms with Gasteiger partial charge in [-0.05, 0) is 38.0 Å². The van der Waals surface area contributed by atoms with Crippen molar-refractivity contribution < 1.29 is 4.79 Å². The van der Waals surface area contributed by atoms with E-state index in [-0.39, 0.29) is 23.9 Å². The molecule has 0 spiro atoms. The van der Waals surface area contributed by atoms with Gasteiger partial charge in [-0.1, -0.05) is 33.6 Å². The molecule has 0 aromatic rings. The number of hydrogen-bond acceptors (Lipinski definition) is 2. The molecule has 18 heavy (non-hydrogen) atoms. The summed E-state index contributed by atoms with van der Waals surface area (Å²) < 4.78 is 0. The van der Waals surface area contributed by atoms with E-state index in [1.54, 1.807) is 0 Å². The minimum Gasteiger partial charge on any atom is -0.353 e. The molecule has 0 radical (unpaired) electrons. The van der Waals surface area contributed by atoms with Crippen LogP contribution in [0.5, 0.6) is 0 Å². The lowest BCUT2D eigenvalue weighted by molar-refractivity contribution is -0.127. The number of rotatable bonds is 5. The lowest BCUT2D eigenvalue weighted by Crippen LogP contribution is -2.45. The monoisotopic (exact) mass is 254 g/mol. The van der Waals surface area contributed by atoms with E-state index in [1.165, 1.54) is 0 Å². The van der Waals surface area contributed by atoms with Crippen LogP contribution < -0.4 is 11.1 Å². The highest BCUT2D eigenvalue weighted by Gasteiger charge is 2.30. The van der Waals surface area contributed by atoms with Crippen molar-refractivity contribution in [1.82, 2.24) is 5.32 Å². The Morgan fingerprint density at radius 1 is 1.33 bits per heavy atom. The minimum absolute atomic E-state index is 0.132. The summed E-state index contributed by atoms with van der Waals surface area (Å²) in [5, 5.41) is 3.19. The van der Waals surface area contributed by atoms with Crippen LogP contribution in [0.25, 0.3) is 0 Å². The molecule has 4 unspecified atom stereocenters. The Hall–Kier alpha value is -0.570. The first-order chi connectivity index (χ1) is 8.49. The molecular weight excluding hydrogens is 224 g/mol. The molecule has 0 heterocycles. The van der Waals surface area contributed by atoms with Crippen LogP contribution in [-0.2, 0) is 4.79 Å². The van der Waals surface area contributed by atoms with E-state index in [1.807, 2.05) is 0 Å². The summed E-state index contributed by atoms with van der Waals surface area (Å²) in [6.45, 7) is 8.69. The fraction of sp³-hybridized carbons (Fsp3) is 0.933. The third kappa shape index (κ3) is 3.98. The zero-order valence-electron chi connectivity index (χ0n) is 12.4. The molecular formula is C15H30N2O. The van der Waals surface area contributed by atoms with Crippen molar-refractivity contribution in [2.24, 2.45) is 23.5 Å². The molecule has 1 aliphatic carbocycles. The maximum atomic E-state index is 12.2. The van der Waals surface area contributed by atoms with Gasteiger partial charge in [-0.25, -0.2) is 0 Å². The average Bonchev–Trinajstić information content (AvgIpc) is 2.34. The van der Waals surface area contributed by atoms with Crippen molar-refractivity contribution in [2.45, 2.75) is 71.9 Å². The Balaban J connectivity index is 2.45. The van der Waals surface area contributed by atoms with Crippen LogP contribution in [-0.4, -0.2) is 18.0 Å². The Labute approximate surface area is 112 Å². The van der Waals surface area contributed by atoms with E-state index < -0.39 is 0 Å². The second-order valence-corrected chi connectivity index (χ2v) is 6.02. The van der Waals surface area contributed by atoms with Gasteiger partial charge < -0.3 is 11.1 Å². The largest absolute Gasteiger partial charge is 0.353 e. The summed E-state index contributed by atoms with van der Waals surface area (Å²) >= 11 is 0. The van der Waals surface area contributed by atoms with Crippen molar-refractivity contribution in [3.63, 3.8) is 0 Å². The van der Waals surface area contributed by atoms with Crippen molar-refractivity contribution in [1.29, 1.82) is 0 Å². The summed E-state index contributed by atoms with van der Waals surface area (Å²) in [5.74, 6) is 1.50. The standard InChI is InChI=1S/C15H30N2O/c1-5-12(6-2)11(4)17-15(18)13-8-7-10(3)14(16)9-13/h10-14H,5-9,16H2,1-4H3,(H,17,18). The van der Waals surface area contributed by atoms with E-state index in [2.05, 4.69) is 33.0 Å². The number of carbonyl (C=O) groups excluding carboxylic acids is 1. The zero-order chi connectivity index (χ0) is 13.7. The molecule has 3 N–H and O–H groups in total. The smallest absolute Gasteiger partial charge is 0.223 e. The fourth-order valence-corrected chi connectivity index (χ4v) is 3.05. The molecule has 3 nitrogen and oxygen atoms in total. The maximum absolute atomic E-state index is 12.2. The lowest BCUT2D eigenvalue weighted by atomic mass is 9.79. The number of carbonyl (C=O) groups is 1. The third-order valence-corrected chi connectivity index (χ3v) is 4.75. The van der Waals surface area contributed by atoms with Crippen LogP contribution in [0.1, 0.15) is 59.8 Å². The molecule has 4 atom stereocenters. The van der Waals surface area contributed by atoms with Crippen LogP contribution in [0.4, 0.5) is 0 Å². The van der Waals surface area contributed by atoms with Gasteiger partial charge in [-0.15, -0.1) is 0 Å². The number of nitrogens with one attached hydrogen (secondary N) is 1. The van der Waals surface area contributed by atoms with Gasteiger partial charge in [0, 0.05) is 18.0 Å². The molecule has 0 aliphatic heterocycles. The minimum atomic E-state index is 0.132. The summed E-state index contributed by atoms with van der Waals surface area (Å²) in [6, 6.07) is 0.473. The van der Waals surface area contributed by atoms with Gasteiger partial charge in [0.1, 0.15) is 0 Å². The Bertz CT molecular complexity index is 263. The second-order valence-electron chi connectivity index (χ2n) is 6.02. The SMILES string of the molecule is CCC(CC)C(C)NC(=O)C1CCC(C)C(N)C1. The van der Waals surface area contributed by atoms with E-state index >= 15 is 0 Å². The number of amides is 1. The van der Waals surface area contributed by atoms with Crippen LogP contribution in [0.2, 0.25) is 0 Å². The van der Waals surface area contributed by atoms with Crippen LogP contribution in [0.15, 0.2) is 0 Å². The van der Waals surface area contributed by atoms with Crippen molar-refractivity contribution >= 4 is 5.91 Å². The van der Waals surface area contributed by atoms with Crippen molar-refractivity contribution in [2.75, 3.05) is 0 Å².